The molecule has 1 saturated carbocycles. The fraction of sp³-hybridized carbons (Fsp3) is 0.345. The minimum Gasteiger partial charge on any atom is -0.351 e. The van der Waals surface area contributed by atoms with E-state index in [4.69, 9.17) is 0 Å². The number of carbonyl (C=O) groups is 3. The number of nitrogens with one attached hydrogen (secondary N) is 1. The zero-order valence-electron chi connectivity index (χ0n) is 20.3. The van der Waals surface area contributed by atoms with Crippen molar-refractivity contribution in [2.75, 3.05) is 4.90 Å². The molecule has 0 spiro atoms. The van der Waals surface area contributed by atoms with Gasteiger partial charge in [0.05, 0.1) is 6.42 Å². The summed E-state index contributed by atoms with van der Waals surface area (Å²) in [5.74, 6) is -0.448. The van der Waals surface area contributed by atoms with E-state index in [1.54, 1.807) is 29.2 Å². The van der Waals surface area contributed by atoms with Gasteiger partial charge in [0.15, 0.2) is 5.78 Å². The summed E-state index contributed by atoms with van der Waals surface area (Å²) in [6.07, 6.45) is 5.48. The molecule has 4 rings (SSSR count). The SMILES string of the molecule is CC(=O)c1cccc(N(C(=O)Cc2cccs2)C(C(=O)NC2CCCCC2)c2ccccc2C)c1. The molecule has 1 aromatic heterocycles. The van der Waals surface area contributed by atoms with Crippen LogP contribution in [0.15, 0.2) is 66.0 Å². The Morgan fingerprint density at radius 2 is 1.77 bits per heavy atom. The van der Waals surface area contributed by atoms with Crippen molar-refractivity contribution in [3.63, 3.8) is 0 Å². The van der Waals surface area contributed by atoms with Crippen molar-refractivity contribution in [1.29, 1.82) is 0 Å². The third kappa shape index (κ3) is 6.06. The van der Waals surface area contributed by atoms with Crippen LogP contribution < -0.4 is 10.2 Å². The van der Waals surface area contributed by atoms with E-state index in [1.807, 2.05) is 48.7 Å². The van der Waals surface area contributed by atoms with Gasteiger partial charge in [-0.3, -0.25) is 19.3 Å². The van der Waals surface area contributed by atoms with Crippen LogP contribution in [0.3, 0.4) is 0 Å². The number of nitrogens with zero attached hydrogens (tertiary/aromatic N) is 1. The topological polar surface area (TPSA) is 66.5 Å². The largest absolute Gasteiger partial charge is 0.351 e. The van der Waals surface area contributed by atoms with Crippen molar-refractivity contribution in [3.05, 3.63) is 87.6 Å². The van der Waals surface area contributed by atoms with Crippen molar-refractivity contribution in [2.45, 2.75) is 64.5 Å². The summed E-state index contributed by atoms with van der Waals surface area (Å²) in [6, 6.07) is 17.9. The second kappa shape index (κ2) is 11.5. The number of benzene rings is 2. The lowest BCUT2D eigenvalue weighted by Crippen LogP contribution is -2.48. The molecule has 6 heteroatoms. The van der Waals surface area contributed by atoms with Gasteiger partial charge < -0.3 is 5.32 Å². The van der Waals surface area contributed by atoms with E-state index in [2.05, 4.69) is 5.32 Å². The molecule has 0 radical (unpaired) electrons. The number of ketones is 1. The highest BCUT2D eigenvalue weighted by Gasteiger charge is 2.35. The van der Waals surface area contributed by atoms with E-state index in [-0.39, 0.29) is 30.1 Å². The van der Waals surface area contributed by atoms with Crippen LogP contribution >= 0.6 is 11.3 Å². The van der Waals surface area contributed by atoms with E-state index in [0.29, 0.717) is 11.3 Å². The predicted molar refractivity (Wildman–Crippen MR) is 141 cm³/mol. The average Bonchev–Trinajstić information content (AvgIpc) is 3.36. The number of Topliss-reactive ketones (excluding diaryl/α,β-unsaturated/α-hetero) is 1. The third-order valence-electron chi connectivity index (χ3n) is 6.65. The molecule has 5 nitrogen and oxygen atoms in total. The third-order valence-corrected chi connectivity index (χ3v) is 7.52. The number of carbonyl (C=O) groups excluding carboxylic acids is 3. The molecule has 2 amide bonds. The summed E-state index contributed by atoms with van der Waals surface area (Å²) in [6.45, 7) is 3.47. The second-order valence-electron chi connectivity index (χ2n) is 9.23. The van der Waals surface area contributed by atoms with Crippen LogP contribution in [0.1, 0.15) is 71.4 Å². The molecule has 182 valence electrons. The molecule has 1 N–H and O–H groups in total. The Hall–Kier alpha value is -3.25. The number of anilines is 1. The van der Waals surface area contributed by atoms with Crippen LogP contribution in [0, 0.1) is 6.92 Å². The molecule has 1 unspecified atom stereocenters. The number of thiophene rings is 1. The Bertz CT molecular complexity index is 1180. The minimum atomic E-state index is -0.840. The smallest absolute Gasteiger partial charge is 0.248 e. The first-order chi connectivity index (χ1) is 16.9. The van der Waals surface area contributed by atoms with Gasteiger partial charge in [0.25, 0.3) is 0 Å². The van der Waals surface area contributed by atoms with Crippen molar-refractivity contribution < 1.29 is 14.4 Å². The molecule has 3 aromatic rings. The van der Waals surface area contributed by atoms with E-state index in [0.717, 1.165) is 41.7 Å². The Labute approximate surface area is 211 Å². The Morgan fingerprint density at radius 3 is 2.46 bits per heavy atom. The second-order valence-corrected chi connectivity index (χ2v) is 10.3. The fourth-order valence-corrected chi connectivity index (χ4v) is 5.47. The van der Waals surface area contributed by atoms with Gasteiger partial charge in [-0.1, -0.05) is 61.7 Å². The Morgan fingerprint density at radius 1 is 1.00 bits per heavy atom. The monoisotopic (exact) mass is 488 g/mol. The van der Waals surface area contributed by atoms with E-state index in [1.165, 1.54) is 24.7 Å². The lowest BCUT2D eigenvalue weighted by molar-refractivity contribution is -0.127. The lowest BCUT2D eigenvalue weighted by atomic mass is 9.93. The van der Waals surface area contributed by atoms with Crippen LogP contribution in [-0.2, 0) is 16.0 Å². The van der Waals surface area contributed by atoms with Crippen LogP contribution in [0.4, 0.5) is 5.69 Å². The minimum absolute atomic E-state index is 0.0865. The van der Waals surface area contributed by atoms with Gasteiger partial charge >= 0.3 is 0 Å². The molecule has 1 heterocycles. The first-order valence-electron chi connectivity index (χ1n) is 12.3. The number of rotatable bonds is 8. The summed E-state index contributed by atoms with van der Waals surface area (Å²) in [4.78, 5) is 42.5. The lowest BCUT2D eigenvalue weighted by Gasteiger charge is -2.34. The molecule has 1 aliphatic rings. The molecular weight excluding hydrogens is 456 g/mol. The van der Waals surface area contributed by atoms with Crippen molar-refractivity contribution >= 4 is 34.6 Å². The van der Waals surface area contributed by atoms with Gasteiger partial charge in [0, 0.05) is 22.2 Å². The van der Waals surface area contributed by atoms with Gasteiger partial charge in [-0.2, -0.15) is 0 Å². The Balaban J connectivity index is 1.80. The number of aryl methyl sites for hydroxylation is 1. The molecular formula is C29H32N2O3S. The summed E-state index contributed by atoms with van der Waals surface area (Å²) in [5, 5.41) is 5.19. The normalized spacial score (nSPS) is 14.8. The molecule has 1 aliphatic carbocycles. The van der Waals surface area contributed by atoms with Crippen molar-refractivity contribution in [1.82, 2.24) is 5.32 Å². The van der Waals surface area contributed by atoms with Gasteiger partial charge in [-0.05, 0) is 61.4 Å². The van der Waals surface area contributed by atoms with E-state index < -0.39 is 6.04 Å². The van der Waals surface area contributed by atoms with Gasteiger partial charge in [0.1, 0.15) is 6.04 Å². The van der Waals surface area contributed by atoms with Gasteiger partial charge in [0.2, 0.25) is 11.8 Å². The first kappa shape index (κ1) is 24.9. The zero-order chi connectivity index (χ0) is 24.8. The summed E-state index contributed by atoms with van der Waals surface area (Å²) in [7, 11) is 0. The molecule has 0 bridgehead atoms. The van der Waals surface area contributed by atoms with Crippen LogP contribution in [-0.4, -0.2) is 23.6 Å². The highest BCUT2D eigenvalue weighted by molar-refractivity contribution is 7.10. The van der Waals surface area contributed by atoms with E-state index >= 15 is 0 Å². The average molecular weight is 489 g/mol. The van der Waals surface area contributed by atoms with Crippen molar-refractivity contribution in [3.8, 4) is 0 Å². The molecule has 1 fully saturated rings. The van der Waals surface area contributed by atoms with Crippen molar-refractivity contribution in [2.24, 2.45) is 0 Å². The summed E-state index contributed by atoms with van der Waals surface area (Å²) >= 11 is 1.52. The van der Waals surface area contributed by atoms with Crippen LogP contribution in [0.5, 0.6) is 0 Å². The Kier molecular flexibility index (Phi) is 8.13. The van der Waals surface area contributed by atoms with Crippen LogP contribution in [0.2, 0.25) is 0 Å². The quantitative estimate of drug-likeness (QED) is 0.394. The highest BCUT2D eigenvalue weighted by Crippen LogP contribution is 2.32. The molecule has 0 saturated heterocycles. The number of hydrogen-bond acceptors (Lipinski definition) is 4. The number of hydrogen-bond donors (Lipinski definition) is 1. The molecule has 35 heavy (non-hydrogen) atoms. The standard InChI is InChI=1S/C29H32N2O3S/c1-20-10-6-7-16-26(20)28(29(34)30-23-12-4-3-5-13-23)31(27(33)19-25-15-9-17-35-25)24-14-8-11-22(18-24)21(2)32/h6-11,14-18,23,28H,3-5,12-13,19H2,1-2H3,(H,30,34). The summed E-state index contributed by atoms with van der Waals surface area (Å²) in [5.41, 5.74) is 2.78. The van der Waals surface area contributed by atoms with E-state index in [9.17, 15) is 14.4 Å². The maximum absolute atomic E-state index is 13.9. The van der Waals surface area contributed by atoms with Gasteiger partial charge in [-0.25, -0.2) is 0 Å². The predicted octanol–water partition coefficient (Wildman–Crippen LogP) is 6.03. The fourth-order valence-electron chi connectivity index (χ4n) is 4.78. The molecule has 0 aliphatic heterocycles. The van der Waals surface area contributed by atoms with Crippen LogP contribution in [0.25, 0.3) is 0 Å². The maximum Gasteiger partial charge on any atom is 0.248 e. The first-order valence-corrected chi connectivity index (χ1v) is 13.1. The number of amides is 2. The maximum atomic E-state index is 13.9. The molecule has 1 atom stereocenters. The summed E-state index contributed by atoms with van der Waals surface area (Å²) < 4.78 is 0. The van der Waals surface area contributed by atoms with Gasteiger partial charge in [-0.15, -0.1) is 11.3 Å². The highest BCUT2D eigenvalue weighted by atomic mass is 32.1. The molecule has 2 aromatic carbocycles. The zero-order valence-corrected chi connectivity index (χ0v) is 21.1.